The molecule has 2 rings (SSSR count). The number of carbonyl (C=O) groups excluding carboxylic acids is 1. The number of nitrogens with one attached hydrogen (secondary N) is 2. The van der Waals surface area contributed by atoms with Crippen molar-refractivity contribution in [2.45, 2.75) is 31.8 Å². The van der Waals surface area contributed by atoms with E-state index >= 15 is 0 Å². The van der Waals surface area contributed by atoms with Crippen LogP contribution in [0.25, 0.3) is 0 Å². The fraction of sp³-hybridized carbons (Fsp3) is 0.533. The zero-order valence-electron chi connectivity index (χ0n) is 11.4. The Bertz CT molecular complexity index is 436. The molecule has 0 bridgehead atoms. The third-order valence-corrected chi connectivity index (χ3v) is 4.13. The van der Waals surface area contributed by atoms with Gasteiger partial charge in [0.15, 0.2) is 0 Å². The van der Waals surface area contributed by atoms with E-state index in [4.69, 9.17) is 0 Å². The number of aliphatic hydroxyl groups excluding tert-OH is 1. The number of amides is 1. The van der Waals surface area contributed by atoms with Gasteiger partial charge in [-0.05, 0) is 56.0 Å². The van der Waals surface area contributed by atoms with Crippen molar-refractivity contribution < 1.29 is 9.90 Å². The molecule has 1 saturated carbocycles. The first-order valence-electron chi connectivity index (χ1n) is 7.07. The second-order valence-corrected chi connectivity index (χ2v) is 6.29. The van der Waals surface area contributed by atoms with Crippen LogP contribution in [-0.4, -0.2) is 30.2 Å². The van der Waals surface area contributed by atoms with Gasteiger partial charge in [0.05, 0.1) is 12.6 Å². The predicted octanol–water partition coefficient (Wildman–Crippen LogP) is 2.53. The molecule has 110 valence electrons. The minimum atomic E-state index is -0.160. The molecule has 0 saturated heterocycles. The molecule has 2 atom stereocenters. The van der Waals surface area contributed by atoms with Crippen LogP contribution in [0.2, 0.25) is 0 Å². The van der Waals surface area contributed by atoms with Gasteiger partial charge >= 0.3 is 0 Å². The number of carbonyl (C=O) groups is 1. The number of benzene rings is 1. The highest BCUT2D eigenvalue weighted by molar-refractivity contribution is 9.10. The molecule has 1 aliphatic carbocycles. The van der Waals surface area contributed by atoms with Crippen LogP contribution >= 0.6 is 15.9 Å². The van der Waals surface area contributed by atoms with Gasteiger partial charge in [0.1, 0.15) is 0 Å². The summed E-state index contributed by atoms with van der Waals surface area (Å²) in [5, 5.41) is 15.6. The van der Waals surface area contributed by atoms with Crippen LogP contribution in [0.15, 0.2) is 28.7 Å². The van der Waals surface area contributed by atoms with Gasteiger partial charge < -0.3 is 15.7 Å². The SMILES string of the molecule is O=C(CNCC1CCCC(O)C1)Nc1ccc(Br)cc1. The van der Waals surface area contributed by atoms with Gasteiger partial charge in [-0.2, -0.15) is 0 Å². The molecule has 1 aromatic carbocycles. The van der Waals surface area contributed by atoms with Gasteiger partial charge in [-0.25, -0.2) is 0 Å². The Morgan fingerprint density at radius 2 is 2.05 bits per heavy atom. The summed E-state index contributed by atoms with van der Waals surface area (Å²) in [5.41, 5.74) is 0.799. The Morgan fingerprint density at radius 1 is 1.30 bits per heavy atom. The van der Waals surface area contributed by atoms with Crippen molar-refractivity contribution >= 4 is 27.5 Å². The Balaban J connectivity index is 1.66. The Labute approximate surface area is 128 Å². The van der Waals surface area contributed by atoms with E-state index in [2.05, 4.69) is 26.6 Å². The number of anilines is 1. The molecule has 5 heteroatoms. The van der Waals surface area contributed by atoms with Crippen LogP contribution in [-0.2, 0) is 4.79 Å². The maximum Gasteiger partial charge on any atom is 0.238 e. The quantitative estimate of drug-likeness (QED) is 0.771. The minimum Gasteiger partial charge on any atom is -0.393 e. The summed E-state index contributed by atoms with van der Waals surface area (Å²) in [4.78, 5) is 11.8. The predicted molar refractivity (Wildman–Crippen MR) is 83.6 cm³/mol. The van der Waals surface area contributed by atoms with Gasteiger partial charge in [0.2, 0.25) is 5.91 Å². The third-order valence-electron chi connectivity index (χ3n) is 3.60. The van der Waals surface area contributed by atoms with E-state index in [1.165, 1.54) is 0 Å². The van der Waals surface area contributed by atoms with Gasteiger partial charge in [0.25, 0.3) is 0 Å². The number of aliphatic hydroxyl groups is 1. The van der Waals surface area contributed by atoms with Crippen LogP contribution < -0.4 is 10.6 Å². The number of hydrogen-bond donors (Lipinski definition) is 3. The molecule has 0 radical (unpaired) electrons. The van der Waals surface area contributed by atoms with E-state index in [9.17, 15) is 9.90 Å². The summed E-state index contributed by atoms with van der Waals surface area (Å²) >= 11 is 3.36. The van der Waals surface area contributed by atoms with Crippen molar-refractivity contribution in [1.82, 2.24) is 5.32 Å². The summed E-state index contributed by atoms with van der Waals surface area (Å²) in [5.74, 6) is 0.447. The molecule has 20 heavy (non-hydrogen) atoms. The first-order valence-corrected chi connectivity index (χ1v) is 7.87. The van der Waals surface area contributed by atoms with E-state index in [1.54, 1.807) is 0 Å². The maximum atomic E-state index is 11.8. The van der Waals surface area contributed by atoms with Crippen molar-refractivity contribution in [2.75, 3.05) is 18.4 Å². The van der Waals surface area contributed by atoms with E-state index in [1.807, 2.05) is 24.3 Å². The largest absolute Gasteiger partial charge is 0.393 e. The Morgan fingerprint density at radius 3 is 2.75 bits per heavy atom. The molecule has 1 amide bonds. The monoisotopic (exact) mass is 340 g/mol. The van der Waals surface area contributed by atoms with Crippen molar-refractivity contribution in [2.24, 2.45) is 5.92 Å². The summed E-state index contributed by atoms with van der Waals surface area (Å²) in [6.07, 6.45) is 3.82. The first-order chi connectivity index (χ1) is 9.63. The maximum absolute atomic E-state index is 11.8. The van der Waals surface area contributed by atoms with Crippen molar-refractivity contribution in [3.63, 3.8) is 0 Å². The lowest BCUT2D eigenvalue weighted by atomic mass is 9.87. The highest BCUT2D eigenvalue weighted by Gasteiger charge is 2.19. The number of halogens is 1. The van der Waals surface area contributed by atoms with Gasteiger partial charge in [-0.1, -0.05) is 22.4 Å². The molecule has 1 aromatic rings. The molecule has 0 heterocycles. The third kappa shape index (κ3) is 5.23. The molecule has 2 unspecified atom stereocenters. The van der Waals surface area contributed by atoms with Crippen LogP contribution in [0, 0.1) is 5.92 Å². The number of rotatable bonds is 5. The minimum absolute atomic E-state index is 0.0383. The zero-order chi connectivity index (χ0) is 14.4. The molecule has 1 fully saturated rings. The van der Waals surface area contributed by atoms with Crippen molar-refractivity contribution in [3.05, 3.63) is 28.7 Å². The fourth-order valence-corrected chi connectivity index (χ4v) is 2.84. The van der Waals surface area contributed by atoms with E-state index in [0.29, 0.717) is 12.5 Å². The second kappa shape index (κ2) is 7.76. The molecule has 1 aliphatic rings. The molecule has 0 aliphatic heterocycles. The summed E-state index contributed by atoms with van der Waals surface area (Å²) < 4.78 is 0.990. The molecule has 0 aromatic heterocycles. The Kier molecular flexibility index (Phi) is 6.01. The Hall–Kier alpha value is -0.910. The lowest BCUT2D eigenvalue weighted by molar-refractivity contribution is -0.115. The van der Waals surface area contributed by atoms with Crippen LogP contribution in [0.1, 0.15) is 25.7 Å². The smallest absolute Gasteiger partial charge is 0.238 e. The van der Waals surface area contributed by atoms with Crippen molar-refractivity contribution in [1.29, 1.82) is 0 Å². The highest BCUT2D eigenvalue weighted by Crippen LogP contribution is 2.23. The summed E-state index contributed by atoms with van der Waals surface area (Å²) in [7, 11) is 0. The number of hydrogen-bond acceptors (Lipinski definition) is 3. The second-order valence-electron chi connectivity index (χ2n) is 5.37. The van der Waals surface area contributed by atoms with Gasteiger partial charge in [-0.15, -0.1) is 0 Å². The van der Waals surface area contributed by atoms with Crippen molar-refractivity contribution in [3.8, 4) is 0 Å². The molecular formula is C15H21BrN2O2. The van der Waals surface area contributed by atoms with E-state index < -0.39 is 0 Å². The van der Waals surface area contributed by atoms with Gasteiger partial charge in [-0.3, -0.25) is 4.79 Å². The average molecular weight is 341 g/mol. The topological polar surface area (TPSA) is 61.4 Å². The fourth-order valence-electron chi connectivity index (χ4n) is 2.58. The first kappa shape index (κ1) is 15.5. The molecule has 0 spiro atoms. The molecule has 4 nitrogen and oxygen atoms in total. The van der Waals surface area contributed by atoms with E-state index in [-0.39, 0.29) is 12.0 Å². The zero-order valence-corrected chi connectivity index (χ0v) is 13.0. The van der Waals surface area contributed by atoms with Gasteiger partial charge in [0, 0.05) is 10.2 Å². The lowest BCUT2D eigenvalue weighted by Gasteiger charge is -2.25. The molecule has 3 N–H and O–H groups in total. The standard InChI is InChI=1S/C15H21BrN2O2/c16-12-4-6-13(7-5-12)18-15(20)10-17-9-11-2-1-3-14(19)8-11/h4-7,11,14,17,19H,1-3,8-10H2,(H,18,20). The normalized spacial score (nSPS) is 22.5. The van der Waals surface area contributed by atoms with Crippen LogP contribution in [0.3, 0.4) is 0 Å². The van der Waals surface area contributed by atoms with E-state index in [0.717, 1.165) is 42.4 Å². The highest BCUT2D eigenvalue weighted by atomic mass is 79.9. The lowest BCUT2D eigenvalue weighted by Crippen LogP contribution is -2.34. The molecular weight excluding hydrogens is 320 g/mol. The van der Waals surface area contributed by atoms with Crippen LogP contribution in [0.5, 0.6) is 0 Å². The average Bonchev–Trinajstić information content (AvgIpc) is 2.41. The summed E-state index contributed by atoms with van der Waals surface area (Å²) in [6, 6.07) is 7.51. The van der Waals surface area contributed by atoms with Crippen LogP contribution in [0.4, 0.5) is 5.69 Å². The summed E-state index contributed by atoms with van der Waals surface area (Å²) in [6.45, 7) is 1.10.